The van der Waals surface area contributed by atoms with Crippen molar-refractivity contribution in [3.8, 4) is 0 Å². The van der Waals surface area contributed by atoms with Crippen LogP contribution in [0.1, 0.15) is 0 Å². The molecule has 9 heavy (non-hydrogen) atoms. The van der Waals surface area contributed by atoms with Crippen molar-refractivity contribution in [2.75, 3.05) is 0 Å². The fourth-order valence-corrected chi connectivity index (χ4v) is 0.385. The summed E-state index contributed by atoms with van der Waals surface area (Å²) >= 11 is -0.181. The maximum absolute atomic E-state index is 4.83. The Labute approximate surface area is 69.8 Å². The minimum Gasteiger partial charge on any atom is -0.0623 e. The third kappa shape index (κ3) is 8.32. The van der Waals surface area contributed by atoms with E-state index in [-0.39, 0.29) is 13.1 Å². The van der Waals surface area contributed by atoms with Gasteiger partial charge in [0.2, 0.25) is 0 Å². The molecule has 0 radical (unpaired) electrons. The van der Waals surface area contributed by atoms with Gasteiger partial charge in [0.15, 0.2) is 0 Å². The molecule has 3 heteroatoms. The van der Waals surface area contributed by atoms with Crippen LogP contribution in [-0.4, -0.2) is 13.1 Å². The zero-order chi connectivity index (χ0) is 6.95. The molecule has 0 N–H and O–H groups in total. The van der Waals surface area contributed by atoms with Gasteiger partial charge in [0, 0.05) is 0 Å². The van der Waals surface area contributed by atoms with E-state index in [4.69, 9.17) is 20.2 Å². The van der Waals surface area contributed by atoms with Crippen LogP contribution < -0.4 is 0 Å². The molecular weight excluding hydrogens is 222 g/mol. The molecule has 50 valence electrons. The van der Waals surface area contributed by atoms with Gasteiger partial charge in [-0.2, -0.15) is 0 Å². The van der Waals surface area contributed by atoms with E-state index in [0.717, 1.165) is 0 Å². The Hall–Kier alpha value is 0.319. The van der Waals surface area contributed by atoms with Crippen molar-refractivity contribution in [3.63, 3.8) is 0 Å². The molecule has 1 aromatic carbocycles. The fraction of sp³-hybridized carbons (Fsp3) is 0. The Morgan fingerprint density at radius 2 is 0.778 bits per heavy atom. The summed E-state index contributed by atoms with van der Waals surface area (Å²) in [6, 6.07) is 12.0. The van der Waals surface area contributed by atoms with E-state index in [1.54, 1.807) is 0 Å². The first kappa shape index (κ1) is 9.32. The van der Waals surface area contributed by atoms with E-state index in [0.29, 0.717) is 0 Å². The molecule has 0 fully saturated rings. The Morgan fingerprint density at radius 3 is 0.889 bits per heavy atom. The van der Waals surface area contributed by atoms with Crippen molar-refractivity contribution in [1.29, 1.82) is 0 Å². The normalized spacial score (nSPS) is 7.33. The molecule has 0 spiro atoms. The Kier molecular flexibility index (Phi) is 8.61. The van der Waals surface area contributed by atoms with Crippen molar-refractivity contribution in [2.24, 2.45) is 0 Å². The maximum atomic E-state index is 4.83. The molecular formula is C6H6Cl2Se. The SMILES string of the molecule is Cl[Se]Cl.c1ccccc1. The molecule has 0 nitrogen and oxygen atoms in total. The second-order valence-electron chi connectivity index (χ2n) is 1.21. The Morgan fingerprint density at radius 1 is 0.667 bits per heavy atom. The summed E-state index contributed by atoms with van der Waals surface area (Å²) in [6.07, 6.45) is 0. The minimum atomic E-state index is -0.181. The van der Waals surface area contributed by atoms with Crippen LogP contribution in [0, 0.1) is 0 Å². The molecule has 0 amide bonds. The van der Waals surface area contributed by atoms with Crippen LogP contribution in [0.25, 0.3) is 0 Å². The number of rotatable bonds is 0. The van der Waals surface area contributed by atoms with Gasteiger partial charge in [0.25, 0.3) is 0 Å². The maximum Gasteiger partial charge on any atom is -0.0623 e. The van der Waals surface area contributed by atoms with Crippen LogP contribution in [0.15, 0.2) is 36.4 Å². The van der Waals surface area contributed by atoms with Crippen LogP contribution in [0.2, 0.25) is 0 Å². The molecule has 0 unspecified atom stereocenters. The smallest absolute Gasteiger partial charge is 0.0623 e. The average molecular weight is 228 g/mol. The summed E-state index contributed by atoms with van der Waals surface area (Å²) in [5.41, 5.74) is 0. The van der Waals surface area contributed by atoms with Crippen molar-refractivity contribution in [2.45, 2.75) is 0 Å². The third-order valence-electron chi connectivity index (χ3n) is 0.667. The predicted octanol–water partition coefficient (Wildman–Crippen LogP) is 2.68. The van der Waals surface area contributed by atoms with Gasteiger partial charge in [-0.3, -0.25) is 0 Å². The average Bonchev–Trinajstić information content (AvgIpc) is 1.93. The van der Waals surface area contributed by atoms with Gasteiger partial charge in [-0.15, -0.1) is 0 Å². The third-order valence-corrected chi connectivity index (χ3v) is 0.667. The first-order valence-corrected chi connectivity index (χ1v) is 6.81. The van der Waals surface area contributed by atoms with E-state index < -0.39 is 0 Å². The molecule has 0 saturated heterocycles. The van der Waals surface area contributed by atoms with E-state index in [9.17, 15) is 0 Å². The van der Waals surface area contributed by atoms with E-state index in [1.807, 2.05) is 36.4 Å². The van der Waals surface area contributed by atoms with Crippen molar-refractivity contribution in [1.82, 2.24) is 0 Å². The van der Waals surface area contributed by atoms with Crippen molar-refractivity contribution >= 4 is 33.3 Å². The molecule has 1 rings (SSSR count). The van der Waals surface area contributed by atoms with Gasteiger partial charge in [-0.05, 0) is 0 Å². The molecule has 1 aromatic rings. The molecule has 0 heterocycles. The summed E-state index contributed by atoms with van der Waals surface area (Å²) in [6.45, 7) is 0. The Balaban J connectivity index is 0.000000187. The predicted molar refractivity (Wildman–Crippen MR) is 43.9 cm³/mol. The molecule has 0 atom stereocenters. The Bertz CT molecular complexity index is 93.9. The summed E-state index contributed by atoms with van der Waals surface area (Å²) < 4.78 is 0. The number of benzene rings is 1. The van der Waals surface area contributed by atoms with Crippen LogP contribution in [0.5, 0.6) is 0 Å². The second kappa shape index (κ2) is 8.32. The molecule has 0 aliphatic heterocycles. The van der Waals surface area contributed by atoms with Crippen LogP contribution in [0.4, 0.5) is 0 Å². The number of halogens is 2. The summed E-state index contributed by atoms with van der Waals surface area (Å²) in [5.74, 6) is 0. The number of hydrogen-bond acceptors (Lipinski definition) is 0. The van der Waals surface area contributed by atoms with Crippen LogP contribution in [-0.2, 0) is 0 Å². The summed E-state index contributed by atoms with van der Waals surface area (Å²) in [4.78, 5) is 0. The van der Waals surface area contributed by atoms with Gasteiger partial charge in [-0.1, -0.05) is 36.4 Å². The van der Waals surface area contributed by atoms with E-state index in [2.05, 4.69) is 0 Å². The molecule has 0 bridgehead atoms. The van der Waals surface area contributed by atoms with E-state index >= 15 is 0 Å². The van der Waals surface area contributed by atoms with Crippen LogP contribution in [0.3, 0.4) is 0 Å². The largest absolute Gasteiger partial charge is 0.0623 e. The zero-order valence-electron chi connectivity index (χ0n) is 4.63. The first-order valence-electron chi connectivity index (χ1n) is 2.31. The minimum absolute atomic E-state index is 0.181. The van der Waals surface area contributed by atoms with Crippen molar-refractivity contribution < 1.29 is 0 Å². The quantitative estimate of drug-likeness (QED) is 0.599. The van der Waals surface area contributed by atoms with E-state index in [1.165, 1.54) is 0 Å². The molecule has 0 aliphatic carbocycles. The van der Waals surface area contributed by atoms with Crippen molar-refractivity contribution in [3.05, 3.63) is 36.4 Å². The summed E-state index contributed by atoms with van der Waals surface area (Å²) in [5, 5.41) is 0. The standard InChI is InChI=1S/C6H6.Cl2Se/c1-2-4-6-5-3-1;1-3-2/h1-6H;. The fourth-order valence-electron chi connectivity index (χ4n) is 0.385. The van der Waals surface area contributed by atoms with Gasteiger partial charge < -0.3 is 0 Å². The second-order valence-corrected chi connectivity index (χ2v) is 3.88. The molecule has 0 saturated carbocycles. The van der Waals surface area contributed by atoms with Gasteiger partial charge >= 0.3 is 33.3 Å². The topological polar surface area (TPSA) is 0 Å². The van der Waals surface area contributed by atoms with Gasteiger partial charge in [0.1, 0.15) is 0 Å². The molecule has 0 aliphatic rings. The first-order chi connectivity index (χ1) is 4.41. The monoisotopic (exact) mass is 228 g/mol. The van der Waals surface area contributed by atoms with Gasteiger partial charge in [0.05, 0.1) is 0 Å². The van der Waals surface area contributed by atoms with Crippen LogP contribution >= 0.6 is 20.2 Å². The zero-order valence-corrected chi connectivity index (χ0v) is 7.85. The number of hydrogen-bond donors (Lipinski definition) is 0. The van der Waals surface area contributed by atoms with Gasteiger partial charge in [-0.25, -0.2) is 0 Å². The summed E-state index contributed by atoms with van der Waals surface area (Å²) in [7, 11) is 9.65. The molecule has 0 aromatic heterocycles.